The Hall–Kier alpha value is -2.20. The fraction of sp³-hybridized carbons (Fsp3) is 0.188. The lowest BCUT2D eigenvalue weighted by Crippen LogP contribution is -2.31. The molecule has 2 aromatic rings. The average molecular weight is 273 g/mol. The first kappa shape index (κ1) is 14.2. The summed E-state index contributed by atoms with van der Waals surface area (Å²) < 4.78 is 13.7. The highest BCUT2D eigenvalue weighted by Gasteiger charge is 2.17. The second-order valence-corrected chi connectivity index (χ2v) is 4.60. The van der Waals surface area contributed by atoms with Crippen LogP contribution in [0.3, 0.4) is 0 Å². The smallest absolute Gasteiger partial charge is 0.254 e. The Morgan fingerprint density at radius 1 is 1.25 bits per heavy atom. The molecule has 0 aliphatic heterocycles. The molecular weight excluding hydrogens is 257 g/mol. The average Bonchev–Trinajstić information content (AvgIpc) is 2.48. The van der Waals surface area contributed by atoms with Gasteiger partial charge in [0.25, 0.3) is 5.91 Å². The van der Waals surface area contributed by atoms with E-state index in [1.807, 2.05) is 18.2 Å². The molecule has 104 valence electrons. The van der Waals surface area contributed by atoms with Crippen LogP contribution in [-0.2, 0) is 0 Å². The number of hydrogen-bond acceptors (Lipinski definition) is 2. The van der Waals surface area contributed by atoms with Crippen LogP contribution < -0.4 is 5.32 Å². The lowest BCUT2D eigenvalue weighted by molar-refractivity contribution is 0.0912. The molecule has 2 N–H and O–H groups in total. The molecule has 0 saturated carbocycles. The molecule has 0 aliphatic rings. The third-order valence-corrected chi connectivity index (χ3v) is 3.06. The fourth-order valence-electron chi connectivity index (χ4n) is 1.97. The predicted molar refractivity (Wildman–Crippen MR) is 74.9 cm³/mol. The lowest BCUT2D eigenvalue weighted by atomic mass is 10.1. The number of benzene rings is 2. The molecule has 0 heterocycles. The molecule has 0 fully saturated rings. The van der Waals surface area contributed by atoms with Gasteiger partial charge in [0.1, 0.15) is 5.82 Å². The quantitative estimate of drug-likeness (QED) is 0.899. The van der Waals surface area contributed by atoms with Gasteiger partial charge < -0.3 is 10.4 Å². The Labute approximate surface area is 117 Å². The van der Waals surface area contributed by atoms with Gasteiger partial charge in [-0.1, -0.05) is 42.0 Å². The van der Waals surface area contributed by atoms with E-state index in [1.54, 1.807) is 25.1 Å². The van der Waals surface area contributed by atoms with Gasteiger partial charge in [-0.15, -0.1) is 0 Å². The van der Waals surface area contributed by atoms with Gasteiger partial charge in [-0.05, 0) is 24.6 Å². The van der Waals surface area contributed by atoms with Gasteiger partial charge in [-0.25, -0.2) is 4.39 Å². The van der Waals surface area contributed by atoms with Crippen molar-refractivity contribution in [3.63, 3.8) is 0 Å². The summed E-state index contributed by atoms with van der Waals surface area (Å²) in [6, 6.07) is 12.9. The molecule has 0 bridgehead atoms. The summed E-state index contributed by atoms with van der Waals surface area (Å²) in [7, 11) is 0. The molecule has 3 nitrogen and oxygen atoms in total. The van der Waals surface area contributed by atoms with Gasteiger partial charge >= 0.3 is 0 Å². The molecule has 0 aromatic heterocycles. The van der Waals surface area contributed by atoms with Crippen LogP contribution in [0, 0.1) is 12.7 Å². The van der Waals surface area contributed by atoms with Crippen LogP contribution in [0.4, 0.5) is 4.39 Å². The molecule has 4 heteroatoms. The SMILES string of the molecule is Cc1ccc(F)c(C(=O)NC(CO)c2ccccc2)c1. The van der Waals surface area contributed by atoms with E-state index in [0.29, 0.717) is 0 Å². The zero-order chi connectivity index (χ0) is 14.5. The van der Waals surface area contributed by atoms with Gasteiger partial charge in [0.05, 0.1) is 18.2 Å². The lowest BCUT2D eigenvalue weighted by Gasteiger charge is -2.17. The first-order valence-corrected chi connectivity index (χ1v) is 6.34. The molecule has 1 atom stereocenters. The number of amides is 1. The van der Waals surface area contributed by atoms with E-state index >= 15 is 0 Å². The summed E-state index contributed by atoms with van der Waals surface area (Å²) in [5.74, 6) is -1.10. The van der Waals surface area contributed by atoms with E-state index < -0.39 is 17.8 Å². The van der Waals surface area contributed by atoms with Crippen molar-refractivity contribution in [1.82, 2.24) is 5.32 Å². The Bertz CT molecular complexity index is 599. The number of aliphatic hydroxyl groups excluding tert-OH is 1. The van der Waals surface area contributed by atoms with Crippen LogP contribution in [0.2, 0.25) is 0 Å². The van der Waals surface area contributed by atoms with Crippen molar-refractivity contribution in [2.24, 2.45) is 0 Å². The third kappa shape index (κ3) is 3.22. The number of carbonyl (C=O) groups excluding carboxylic acids is 1. The van der Waals surface area contributed by atoms with Crippen molar-refractivity contribution in [1.29, 1.82) is 0 Å². The van der Waals surface area contributed by atoms with E-state index in [-0.39, 0.29) is 12.2 Å². The molecule has 0 spiro atoms. The molecule has 0 radical (unpaired) electrons. The van der Waals surface area contributed by atoms with Crippen molar-refractivity contribution in [3.05, 3.63) is 71.0 Å². The summed E-state index contributed by atoms with van der Waals surface area (Å²) in [5, 5.41) is 12.0. The largest absolute Gasteiger partial charge is 0.394 e. The second kappa shape index (κ2) is 6.30. The highest BCUT2D eigenvalue weighted by molar-refractivity contribution is 5.94. The van der Waals surface area contributed by atoms with E-state index in [0.717, 1.165) is 11.1 Å². The second-order valence-electron chi connectivity index (χ2n) is 4.60. The summed E-state index contributed by atoms with van der Waals surface area (Å²) in [6.45, 7) is 1.54. The van der Waals surface area contributed by atoms with E-state index in [1.165, 1.54) is 12.1 Å². The molecule has 2 aromatic carbocycles. The summed E-state index contributed by atoms with van der Waals surface area (Å²) >= 11 is 0. The Balaban J connectivity index is 2.20. The predicted octanol–water partition coefficient (Wildman–Crippen LogP) is 2.60. The highest BCUT2D eigenvalue weighted by Crippen LogP contribution is 2.15. The van der Waals surface area contributed by atoms with Crippen LogP contribution >= 0.6 is 0 Å². The number of carbonyl (C=O) groups is 1. The molecule has 20 heavy (non-hydrogen) atoms. The Morgan fingerprint density at radius 3 is 2.60 bits per heavy atom. The minimum Gasteiger partial charge on any atom is -0.394 e. The van der Waals surface area contributed by atoms with Crippen LogP contribution in [0.1, 0.15) is 27.5 Å². The maximum Gasteiger partial charge on any atom is 0.254 e. The standard InChI is InChI=1S/C16H16FNO2/c1-11-7-8-14(17)13(9-11)16(20)18-15(10-19)12-5-3-2-4-6-12/h2-9,15,19H,10H2,1H3,(H,18,20). The third-order valence-electron chi connectivity index (χ3n) is 3.06. The van der Waals surface area contributed by atoms with E-state index in [2.05, 4.69) is 5.32 Å². The monoisotopic (exact) mass is 273 g/mol. The number of aryl methyl sites for hydroxylation is 1. The zero-order valence-corrected chi connectivity index (χ0v) is 11.1. The highest BCUT2D eigenvalue weighted by atomic mass is 19.1. The van der Waals surface area contributed by atoms with Crippen molar-refractivity contribution < 1.29 is 14.3 Å². The number of nitrogens with one attached hydrogen (secondary N) is 1. The zero-order valence-electron chi connectivity index (χ0n) is 11.1. The normalized spacial score (nSPS) is 11.9. The fourth-order valence-corrected chi connectivity index (χ4v) is 1.97. The summed E-state index contributed by atoms with van der Waals surface area (Å²) in [6.07, 6.45) is 0. The van der Waals surface area contributed by atoms with Gasteiger partial charge in [-0.3, -0.25) is 4.79 Å². The van der Waals surface area contributed by atoms with Gasteiger partial charge in [0, 0.05) is 0 Å². The molecule has 1 amide bonds. The van der Waals surface area contributed by atoms with Crippen LogP contribution in [0.25, 0.3) is 0 Å². The Morgan fingerprint density at radius 2 is 1.95 bits per heavy atom. The topological polar surface area (TPSA) is 49.3 Å². The van der Waals surface area contributed by atoms with Gasteiger partial charge in [-0.2, -0.15) is 0 Å². The first-order valence-electron chi connectivity index (χ1n) is 6.34. The van der Waals surface area contributed by atoms with Crippen molar-refractivity contribution in [2.75, 3.05) is 6.61 Å². The first-order chi connectivity index (χ1) is 9.61. The van der Waals surface area contributed by atoms with E-state index in [4.69, 9.17) is 0 Å². The number of hydrogen-bond donors (Lipinski definition) is 2. The van der Waals surface area contributed by atoms with Crippen LogP contribution in [0.5, 0.6) is 0 Å². The summed E-state index contributed by atoms with van der Waals surface area (Å²) in [4.78, 5) is 12.1. The maximum atomic E-state index is 13.7. The minimum absolute atomic E-state index is 0.0145. The molecule has 1 unspecified atom stereocenters. The summed E-state index contributed by atoms with van der Waals surface area (Å²) in [5.41, 5.74) is 1.56. The maximum absolute atomic E-state index is 13.7. The Kier molecular flexibility index (Phi) is 4.48. The molecule has 0 aliphatic carbocycles. The molecule has 0 saturated heterocycles. The van der Waals surface area contributed by atoms with E-state index in [9.17, 15) is 14.3 Å². The van der Waals surface area contributed by atoms with Crippen LogP contribution in [-0.4, -0.2) is 17.6 Å². The van der Waals surface area contributed by atoms with Gasteiger partial charge in [0.2, 0.25) is 0 Å². The van der Waals surface area contributed by atoms with Crippen molar-refractivity contribution in [3.8, 4) is 0 Å². The van der Waals surface area contributed by atoms with Crippen LogP contribution in [0.15, 0.2) is 48.5 Å². The number of halogens is 1. The number of rotatable bonds is 4. The minimum atomic E-state index is -0.571. The van der Waals surface area contributed by atoms with Crippen molar-refractivity contribution in [2.45, 2.75) is 13.0 Å². The number of aliphatic hydroxyl groups is 1. The molecule has 2 rings (SSSR count). The molecular formula is C16H16FNO2. The van der Waals surface area contributed by atoms with Gasteiger partial charge in [0.15, 0.2) is 0 Å². The van der Waals surface area contributed by atoms with Crippen molar-refractivity contribution >= 4 is 5.91 Å².